The first-order valence-electron chi connectivity index (χ1n) is 12.8. The van der Waals surface area contributed by atoms with E-state index in [0.29, 0.717) is 13.2 Å². The summed E-state index contributed by atoms with van der Waals surface area (Å²) >= 11 is 0. The van der Waals surface area contributed by atoms with Gasteiger partial charge in [-0.2, -0.15) is 0 Å². The molecule has 2 heteroatoms. The minimum absolute atomic E-state index is 0.693. The van der Waals surface area contributed by atoms with Crippen molar-refractivity contribution in [2.45, 2.75) is 65.2 Å². The summed E-state index contributed by atoms with van der Waals surface area (Å²) in [6.45, 7) is 5.83. The Bertz CT molecular complexity index is 1150. The second-order valence-electron chi connectivity index (χ2n) is 8.91. The average molecular weight is 451 g/mol. The van der Waals surface area contributed by atoms with Crippen LogP contribution in [0.4, 0.5) is 0 Å². The predicted octanol–water partition coefficient (Wildman–Crippen LogP) is 7.87. The van der Waals surface area contributed by atoms with Crippen LogP contribution < -0.4 is 9.47 Å². The highest BCUT2D eigenvalue weighted by atomic mass is 16.5. The minimum atomic E-state index is 0.693. The number of benzene rings is 3. The quantitative estimate of drug-likeness (QED) is 0.161. The zero-order valence-corrected chi connectivity index (χ0v) is 20.5. The van der Waals surface area contributed by atoms with Crippen LogP contribution in [0.1, 0.15) is 87.5 Å². The maximum Gasteiger partial charge on any atom is 0.162 e. The molecule has 3 aromatic rings. The van der Waals surface area contributed by atoms with E-state index in [0.717, 1.165) is 46.6 Å². The smallest absolute Gasteiger partial charge is 0.162 e. The molecule has 3 aromatic carbocycles. The molecule has 174 valence electrons. The number of fused-ring (bicyclic) bond motifs is 3. The Balaban J connectivity index is 1.61. The molecule has 0 saturated heterocycles. The zero-order valence-electron chi connectivity index (χ0n) is 20.5. The van der Waals surface area contributed by atoms with Gasteiger partial charge in [0.1, 0.15) is 0 Å². The molecule has 0 bridgehead atoms. The van der Waals surface area contributed by atoms with Crippen LogP contribution in [0.2, 0.25) is 0 Å². The fourth-order valence-electron chi connectivity index (χ4n) is 4.13. The van der Waals surface area contributed by atoms with Crippen molar-refractivity contribution in [2.24, 2.45) is 0 Å². The molecule has 0 unspecified atom stereocenters. The molecule has 0 N–H and O–H groups in total. The second-order valence-corrected chi connectivity index (χ2v) is 8.91. The normalized spacial score (nSPS) is 11.2. The Kier molecular flexibility index (Phi) is 8.54. The van der Waals surface area contributed by atoms with Gasteiger partial charge in [0.05, 0.1) is 13.2 Å². The highest BCUT2D eigenvalue weighted by Gasteiger charge is 2.13. The topological polar surface area (TPSA) is 18.5 Å². The van der Waals surface area contributed by atoms with E-state index in [4.69, 9.17) is 9.47 Å². The van der Waals surface area contributed by atoms with Crippen LogP contribution in [-0.2, 0) is 0 Å². The fraction of sp³-hybridized carbons (Fsp3) is 0.375. The summed E-state index contributed by atoms with van der Waals surface area (Å²) in [5.74, 6) is 15.0. The lowest BCUT2D eigenvalue weighted by Gasteiger charge is -2.15. The fourth-order valence-corrected chi connectivity index (χ4v) is 4.13. The molecular formula is C32H34O2. The van der Waals surface area contributed by atoms with E-state index >= 15 is 0 Å². The molecule has 0 aliphatic heterocycles. The van der Waals surface area contributed by atoms with Crippen LogP contribution >= 0.6 is 0 Å². The van der Waals surface area contributed by atoms with Gasteiger partial charge in [-0.15, -0.1) is 0 Å². The van der Waals surface area contributed by atoms with Gasteiger partial charge in [0.15, 0.2) is 11.5 Å². The SMILES string of the molecule is CCCCCCOc1cc2c(cc1OCCCCCC)C#Cc1cc3ccccc3cc1C#C2. The third-order valence-corrected chi connectivity index (χ3v) is 6.14. The summed E-state index contributed by atoms with van der Waals surface area (Å²) in [4.78, 5) is 0. The van der Waals surface area contributed by atoms with Crippen LogP contribution in [-0.4, -0.2) is 13.2 Å². The van der Waals surface area contributed by atoms with Gasteiger partial charge in [0, 0.05) is 34.4 Å². The number of hydrogen-bond donors (Lipinski definition) is 0. The molecule has 0 heterocycles. The number of ether oxygens (including phenoxy) is 2. The van der Waals surface area contributed by atoms with Crippen LogP contribution in [0.15, 0.2) is 48.5 Å². The summed E-state index contributed by atoms with van der Waals surface area (Å²) in [6, 6.07) is 16.7. The summed E-state index contributed by atoms with van der Waals surface area (Å²) in [5.41, 5.74) is 3.73. The van der Waals surface area contributed by atoms with E-state index in [-0.39, 0.29) is 0 Å². The Labute approximate surface area is 204 Å². The lowest BCUT2D eigenvalue weighted by Crippen LogP contribution is -2.04. The molecule has 0 fully saturated rings. The average Bonchev–Trinajstić information content (AvgIpc) is 2.85. The van der Waals surface area contributed by atoms with E-state index in [9.17, 15) is 0 Å². The summed E-state index contributed by atoms with van der Waals surface area (Å²) in [5, 5.41) is 2.36. The van der Waals surface area contributed by atoms with Gasteiger partial charge >= 0.3 is 0 Å². The van der Waals surface area contributed by atoms with Gasteiger partial charge in [-0.05, 0) is 35.7 Å². The monoisotopic (exact) mass is 450 g/mol. The molecule has 0 amide bonds. The van der Waals surface area contributed by atoms with Gasteiger partial charge in [0.25, 0.3) is 0 Å². The van der Waals surface area contributed by atoms with E-state index < -0.39 is 0 Å². The lowest BCUT2D eigenvalue weighted by molar-refractivity contribution is 0.258. The predicted molar refractivity (Wildman–Crippen MR) is 142 cm³/mol. The maximum atomic E-state index is 6.19. The van der Waals surface area contributed by atoms with E-state index in [1.54, 1.807) is 0 Å². The molecule has 0 radical (unpaired) electrons. The minimum Gasteiger partial charge on any atom is -0.490 e. The molecular weight excluding hydrogens is 416 g/mol. The summed E-state index contributed by atoms with van der Waals surface area (Å²) in [7, 11) is 0. The molecule has 0 saturated carbocycles. The van der Waals surface area contributed by atoms with Gasteiger partial charge in [-0.3, -0.25) is 0 Å². The van der Waals surface area contributed by atoms with Crippen molar-refractivity contribution in [3.63, 3.8) is 0 Å². The van der Waals surface area contributed by atoms with Crippen molar-refractivity contribution in [1.29, 1.82) is 0 Å². The summed E-state index contributed by atoms with van der Waals surface area (Å²) in [6.07, 6.45) is 9.38. The molecule has 4 rings (SSSR count). The van der Waals surface area contributed by atoms with Gasteiger partial charge in [-0.25, -0.2) is 0 Å². The first kappa shape index (κ1) is 23.8. The number of unbranched alkanes of at least 4 members (excludes halogenated alkanes) is 6. The second kappa shape index (κ2) is 12.2. The van der Waals surface area contributed by atoms with Crippen LogP contribution in [0, 0.1) is 23.7 Å². The number of hydrogen-bond acceptors (Lipinski definition) is 2. The van der Waals surface area contributed by atoms with Crippen molar-refractivity contribution in [3.05, 3.63) is 70.8 Å². The van der Waals surface area contributed by atoms with E-state index in [1.807, 2.05) is 12.1 Å². The largest absolute Gasteiger partial charge is 0.490 e. The Hall–Kier alpha value is -3.36. The van der Waals surface area contributed by atoms with Crippen LogP contribution in [0.5, 0.6) is 11.5 Å². The van der Waals surface area contributed by atoms with Crippen LogP contribution in [0.3, 0.4) is 0 Å². The molecule has 1 aliphatic carbocycles. The Morgan fingerprint density at radius 2 is 0.941 bits per heavy atom. The summed E-state index contributed by atoms with van der Waals surface area (Å²) < 4.78 is 12.4. The van der Waals surface area contributed by atoms with Gasteiger partial charge < -0.3 is 9.47 Å². The lowest BCUT2D eigenvalue weighted by atomic mass is 9.98. The van der Waals surface area contributed by atoms with Crippen molar-refractivity contribution < 1.29 is 9.47 Å². The Morgan fingerprint density at radius 3 is 1.35 bits per heavy atom. The number of rotatable bonds is 12. The zero-order chi connectivity index (χ0) is 23.6. The molecule has 1 aliphatic rings. The van der Waals surface area contributed by atoms with E-state index in [1.165, 1.54) is 49.3 Å². The van der Waals surface area contributed by atoms with Crippen LogP contribution in [0.25, 0.3) is 10.8 Å². The van der Waals surface area contributed by atoms with Gasteiger partial charge in [0.2, 0.25) is 0 Å². The molecule has 0 spiro atoms. The first-order valence-corrected chi connectivity index (χ1v) is 12.8. The highest BCUT2D eigenvalue weighted by molar-refractivity contribution is 5.86. The standard InChI is InChI=1S/C32H34O2/c1-3-5-7-11-19-33-31-23-29-17-15-27-21-25-13-9-10-14-26(25)22-28(27)16-18-30(29)24-32(31)34-20-12-8-6-4-2/h9-10,13-14,21-24H,3-8,11-12,19-20H2,1-2H3. The van der Waals surface area contributed by atoms with Crippen molar-refractivity contribution in [2.75, 3.05) is 13.2 Å². The first-order chi connectivity index (χ1) is 16.8. The van der Waals surface area contributed by atoms with Crippen molar-refractivity contribution in [3.8, 4) is 35.2 Å². The van der Waals surface area contributed by atoms with Crippen molar-refractivity contribution in [1.82, 2.24) is 0 Å². The third kappa shape index (κ3) is 6.15. The molecule has 34 heavy (non-hydrogen) atoms. The Morgan fingerprint density at radius 1 is 0.529 bits per heavy atom. The van der Waals surface area contributed by atoms with Gasteiger partial charge in [-0.1, -0.05) is 100 Å². The maximum absolute atomic E-state index is 6.19. The highest BCUT2D eigenvalue weighted by Crippen LogP contribution is 2.32. The molecule has 0 aromatic heterocycles. The van der Waals surface area contributed by atoms with E-state index in [2.05, 4.69) is 73.9 Å². The third-order valence-electron chi connectivity index (χ3n) is 6.14. The molecule has 2 nitrogen and oxygen atoms in total. The van der Waals surface area contributed by atoms with Crippen molar-refractivity contribution >= 4 is 10.8 Å². The molecule has 0 atom stereocenters.